The molecule has 0 fully saturated rings. The van der Waals surface area contributed by atoms with Crippen molar-refractivity contribution in [2.45, 2.75) is 13.8 Å². The van der Waals surface area contributed by atoms with E-state index in [9.17, 15) is 9.59 Å². The fraction of sp³-hybridized carbons (Fsp3) is 0.231. The van der Waals surface area contributed by atoms with Crippen molar-refractivity contribution in [2.24, 2.45) is 0 Å². The van der Waals surface area contributed by atoms with Gasteiger partial charge in [-0.2, -0.15) is 0 Å². The van der Waals surface area contributed by atoms with Crippen LogP contribution in [-0.2, 0) is 4.79 Å². The third-order valence-electron chi connectivity index (χ3n) is 2.06. The lowest BCUT2D eigenvalue weighted by molar-refractivity contribution is -0.109. The van der Waals surface area contributed by atoms with Crippen LogP contribution in [0.1, 0.15) is 28.4 Å². The lowest BCUT2D eigenvalue weighted by Crippen LogP contribution is -2.01. The molecular weight excluding hydrogens is 236 g/mol. The number of aryl methyl sites for hydroxylation is 1. The van der Waals surface area contributed by atoms with Crippen molar-refractivity contribution in [1.82, 2.24) is 0 Å². The molecule has 1 aromatic rings. The van der Waals surface area contributed by atoms with Crippen LogP contribution in [0.15, 0.2) is 18.2 Å². The van der Waals surface area contributed by atoms with E-state index >= 15 is 0 Å². The van der Waals surface area contributed by atoms with E-state index in [1.165, 1.54) is 13.0 Å². The van der Waals surface area contributed by atoms with Crippen LogP contribution in [0.25, 0.3) is 0 Å². The molecule has 1 rings (SSSR count). The molecule has 3 nitrogen and oxygen atoms in total. The largest absolute Gasteiger partial charge is 0.478 e. The molecule has 0 bridgehead atoms. The number of thioether (sulfide) groups is 1. The molecule has 88 valence electrons. The van der Waals surface area contributed by atoms with Crippen LogP contribution in [0.5, 0.6) is 0 Å². The molecular formula is C13H12O3S. The van der Waals surface area contributed by atoms with Crippen LogP contribution in [0.4, 0.5) is 0 Å². The van der Waals surface area contributed by atoms with Crippen molar-refractivity contribution in [3.63, 3.8) is 0 Å². The summed E-state index contributed by atoms with van der Waals surface area (Å²) in [5, 5.41) is 9.01. The van der Waals surface area contributed by atoms with Gasteiger partial charge in [-0.15, -0.1) is 0 Å². The Bertz CT molecular complexity index is 509. The highest BCUT2D eigenvalue weighted by atomic mass is 32.2. The zero-order chi connectivity index (χ0) is 12.8. The van der Waals surface area contributed by atoms with Crippen LogP contribution in [-0.4, -0.2) is 21.9 Å². The molecule has 0 saturated carbocycles. The molecule has 0 unspecified atom stereocenters. The maximum atomic E-state index is 11.0. The summed E-state index contributed by atoms with van der Waals surface area (Å²) in [5.41, 5.74) is 1.54. The van der Waals surface area contributed by atoms with E-state index in [1.54, 1.807) is 6.07 Å². The number of carboxylic acids is 1. The fourth-order valence-electron chi connectivity index (χ4n) is 1.27. The fourth-order valence-corrected chi connectivity index (χ4v) is 1.62. The van der Waals surface area contributed by atoms with Gasteiger partial charge in [0.2, 0.25) is 0 Å². The van der Waals surface area contributed by atoms with Gasteiger partial charge >= 0.3 is 5.97 Å². The Morgan fingerprint density at radius 2 is 2.12 bits per heavy atom. The van der Waals surface area contributed by atoms with E-state index in [0.29, 0.717) is 11.3 Å². The molecule has 0 aliphatic carbocycles. The molecule has 4 heteroatoms. The summed E-state index contributed by atoms with van der Waals surface area (Å²) >= 11 is 1.11. The second kappa shape index (κ2) is 6.12. The Morgan fingerprint density at radius 1 is 1.41 bits per heavy atom. The molecule has 0 amide bonds. The maximum absolute atomic E-state index is 11.0. The Balaban J connectivity index is 2.96. The monoisotopic (exact) mass is 248 g/mol. The molecule has 1 aromatic carbocycles. The van der Waals surface area contributed by atoms with Crippen LogP contribution in [0.3, 0.4) is 0 Å². The van der Waals surface area contributed by atoms with Crippen LogP contribution >= 0.6 is 11.8 Å². The number of carbonyl (C=O) groups excluding carboxylic acids is 1. The van der Waals surface area contributed by atoms with Gasteiger partial charge < -0.3 is 5.11 Å². The highest BCUT2D eigenvalue weighted by molar-refractivity contribution is 8.13. The zero-order valence-corrected chi connectivity index (χ0v) is 10.4. The van der Waals surface area contributed by atoms with Crippen molar-refractivity contribution in [3.8, 4) is 11.8 Å². The summed E-state index contributed by atoms with van der Waals surface area (Å²) in [5.74, 6) is 5.00. The third-order valence-corrected chi connectivity index (χ3v) is 2.76. The summed E-state index contributed by atoms with van der Waals surface area (Å²) < 4.78 is 0. The Kier molecular flexibility index (Phi) is 4.80. The summed E-state index contributed by atoms with van der Waals surface area (Å²) in [6, 6.07) is 5.03. The predicted molar refractivity (Wildman–Crippen MR) is 68.2 cm³/mol. The molecule has 1 N–H and O–H groups in total. The molecule has 0 aliphatic heterocycles. The van der Waals surface area contributed by atoms with Crippen molar-refractivity contribution >= 4 is 22.8 Å². The quantitative estimate of drug-likeness (QED) is 0.816. The minimum Gasteiger partial charge on any atom is -0.478 e. The molecule has 0 aromatic heterocycles. The molecule has 0 heterocycles. The second-order valence-electron chi connectivity index (χ2n) is 3.38. The number of hydrogen-bond acceptors (Lipinski definition) is 3. The highest BCUT2D eigenvalue weighted by Gasteiger charge is 2.09. The van der Waals surface area contributed by atoms with Gasteiger partial charge in [0, 0.05) is 12.5 Å². The Hall–Kier alpha value is -1.73. The lowest BCUT2D eigenvalue weighted by Gasteiger charge is -2.02. The average molecular weight is 248 g/mol. The minimum absolute atomic E-state index is 0.00235. The first kappa shape index (κ1) is 13.3. The SMILES string of the molecule is CC(=O)SCC#Cc1c(C)cccc1C(=O)O. The van der Waals surface area contributed by atoms with E-state index in [2.05, 4.69) is 11.8 Å². The third kappa shape index (κ3) is 3.97. The van der Waals surface area contributed by atoms with Crippen molar-refractivity contribution in [1.29, 1.82) is 0 Å². The zero-order valence-electron chi connectivity index (χ0n) is 9.61. The van der Waals surface area contributed by atoms with Gasteiger partial charge in [-0.05, 0) is 18.6 Å². The molecule has 0 atom stereocenters. The molecule has 0 aliphatic rings. The molecule has 0 spiro atoms. The lowest BCUT2D eigenvalue weighted by atomic mass is 10.0. The van der Waals surface area contributed by atoms with Gasteiger partial charge in [0.05, 0.1) is 11.3 Å². The Labute approximate surface area is 104 Å². The van der Waals surface area contributed by atoms with Gasteiger partial charge in [0.1, 0.15) is 0 Å². The van der Waals surface area contributed by atoms with Gasteiger partial charge in [0.25, 0.3) is 0 Å². The topological polar surface area (TPSA) is 54.4 Å². The van der Waals surface area contributed by atoms with E-state index < -0.39 is 5.97 Å². The summed E-state index contributed by atoms with van der Waals surface area (Å²) in [4.78, 5) is 21.7. The van der Waals surface area contributed by atoms with E-state index in [-0.39, 0.29) is 10.7 Å². The van der Waals surface area contributed by atoms with E-state index in [4.69, 9.17) is 5.11 Å². The molecule has 0 radical (unpaired) electrons. The first-order valence-electron chi connectivity index (χ1n) is 4.97. The van der Waals surface area contributed by atoms with Crippen LogP contribution in [0.2, 0.25) is 0 Å². The van der Waals surface area contributed by atoms with Gasteiger partial charge in [-0.1, -0.05) is 35.7 Å². The van der Waals surface area contributed by atoms with E-state index in [1.807, 2.05) is 13.0 Å². The predicted octanol–water partition coefficient (Wildman–Crippen LogP) is 2.32. The van der Waals surface area contributed by atoms with Gasteiger partial charge in [-0.3, -0.25) is 4.79 Å². The maximum Gasteiger partial charge on any atom is 0.336 e. The first-order valence-corrected chi connectivity index (χ1v) is 5.96. The van der Waals surface area contributed by atoms with Crippen molar-refractivity contribution in [3.05, 3.63) is 34.9 Å². The normalized spacial score (nSPS) is 9.29. The summed E-state index contributed by atoms with van der Waals surface area (Å²) in [6.07, 6.45) is 0. The number of benzene rings is 1. The highest BCUT2D eigenvalue weighted by Crippen LogP contribution is 2.13. The standard InChI is InChI=1S/C13H12O3S/c1-9-5-3-6-12(13(15)16)11(9)7-4-8-17-10(2)14/h3,5-6H,8H2,1-2H3,(H,15,16). The van der Waals surface area contributed by atoms with Gasteiger partial charge in [-0.25, -0.2) is 4.79 Å². The molecule has 0 saturated heterocycles. The molecule has 17 heavy (non-hydrogen) atoms. The van der Waals surface area contributed by atoms with Crippen LogP contribution < -0.4 is 0 Å². The van der Waals surface area contributed by atoms with Crippen molar-refractivity contribution in [2.75, 3.05) is 5.75 Å². The van der Waals surface area contributed by atoms with E-state index in [0.717, 1.165) is 17.3 Å². The second-order valence-corrected chi connectivity index (χ2v) is 4.54. The smallest absolute Gasteiger partial charge is 0.336 e. The number of carbonyl (C=O) groups is 2. The number of hydrogen-bond donors (Lipinski definition) is 1. The first-order chi connectivity index (χ1) is 8.02. The minimum atomic E-state index is -0.989. The summed E-state index contributed by atoms with van der Waals surface area (Å²) in [6.45, 7) is 3.29. The van der Waals surface area contributed by atoms with Gasteiger partial charge in [0.15, 0.2) is 5.12 Å². The number of rotatable bonds is 2. The average Bonchev–Trinajstić information content (AvgIpc) is 2.25. The number of carboxylic acid groups (broad SMARTS) is 1. The van der Waals surface area contributed by atoms with Crippen LogP contribution in [0, 0.1) is 18.8 Å². The Morgan fingerprint density at radius 3 is 2.71 bits per heavy atom. The van der Waals surface area contributed by atoms with Crippen molar-refractivity contribution < 1.29 is 14.7 Å². The summed E-state index contributed by atoms with van der Waals surface area (Å²) in [7, 11) is 0. The number of aromatic carboxylic acids is 1.